The molecule has 0 radical (unpaired) electrons. The summed E-state index contributed by atoms with van der Waals surface area (Å²) in [5, 5.41) is 6.08. The summed E-state index contributed by atoms with van der Waals surface area (Å²) in [7, 11) is 6.90. The van der Waals surface area contributed by atoms with Crippen LogP contribution in [0, 0.1) is 17.8 Å². The van der Waals surface area contributed by atoms with Crippen molar-refractivity contribution in [3.8, 4) is 0 Å². The quantitative estimate of drug-likeness (QED) is 0.234. The molecule has 4 amide bonds. The molecule has 13 heteroatoms. The zero-order chi connectivity index (χ0) is 38.9. The molecule has 1 aromatic heterocycles. The fourth-order valence-corrected chi connectivity index (χ4v) is 9.17. The molecule has 2 aromatic rings. The number of carbonyl (C=O) groups excluding carboxylic acids is 4. The van der Waals surface area contributed by atoms with Crippen molar-refractivity contribution < 1.29 is 28.7 Å². The molecule has 2 saturated heterocycles. The second kappa shape index (κ2) is 19.1. The maximum Gasteiger partial charge on any atom is 0.242 e. The molecular weight excluding hydrogens is 686 g/mol. The lowest BCUT2D eigenvalue weighted by atomic mass is 9.90. The van der Waals surface area contributed by atoms with Crippen molar-refractivity contribution in [2.75, 3.05) is 41.4 Å². The number of amides is 4. The maximum absolute atomic E-state index is 14.2. The van der Waals surface area contributed by atoms with E-state index in [1.54, 1.807) is 44.6 Å². The van der Waals surface area contributed by atoms with Crippen LogP contribution in [0.1, 0.15) is 83.1 Å². The number of aromatic nitrogens is 2. The average Bonchev–Trinajstić information content (AvgIpc) is 3.94. The van der Waals surface area contributed by atoms with Crippen LogP contribution in [0.5, 0.6) is 0 Å². The maximum atomic E-state index is 14.2. The molecule has 296 valence electrons. The Labute approximate surface area is 320 Å². The standard InChI is InChI=1S/C41H61N7O6/c1-8-26(2)36(47(5)35(50)25-44-41(52)37-29-17-18-30(23-29)46(37)4)33(53-6)24-34(49)48-21-12-16-32(48)38(54-7)27(3)40(51)45-31(39-42-19-13-20-43-39)22-28-14-10-9-11-15-28/h9-11,13-15,19-20,26-27,29-33,36-38H,8,12,16-18,21-25H2,1-7H3,(H,44,52)(H,45,51)/t26?,27?,29?,30?,31-,32?,33?,36?,37?,38?/m0/s1. The van der Waals surface area contributed by atoms with Gasteiger partial charge in [-0.15, -0.1) is 0 Å². The third-order valence-corrected chi connectivity index (χ3v) is 12.4. The molecule has 2 N–H and O–H groups in total. The number of likely N-dealkylation sites (N-methyl/N-ethyl adjacent to an activating group) is 2. The molecule has 2 aliphatic heterocycles. The minimum absolute atomic E-state index is 0.0198. The van der Waals surface area contributed by atoms with Gasteiger partial charge in [-0.25, -0.2) is 9.97 Å². The van der Waals surface area contributed by atoms with Crippen LogP contribution in [0.3, 0.4) is 0 Å². The average molecular weight is 748 g/mol. The molecule has 1 aromatic carbocycles. The van der Waals surface area contributed by atoms with Crippen LogP contribution in [-0.2, 0) is 35.1 Å². The molecule has 9 unspecified atom stereocenters. The highest BCUT2D eigenvalue weighted by atomic mass is 16.5. The largest absolute Gasteiger partial charge is 0.379 e. The van der Waals surface area contributed by atoms with Gasteiger partial charge in [0.05, 0.1) is 55.3 Å². The monoisotopic (exact) mass is 747 g/mol. The summed E-state index contributed by atoms with van der Waals surface area (Å²) in [6, 6.07) is 10.7. The number of methoxy groups -OCH3 is 2. The highest BCUT2D eigenvalue weighted by molar-refractivity contribution is 5.88. The molecule has 1 saturated carbocycles. The Morgan fingerprint density at radius 2 is 1.72 bits per heavy atom. The highest BCUT2D eigenvalue weighted by Crippen LogP contribution is 2.41. The summed E-state index contributed by atoms with van der Waals surface area (Å²) in [4.78, 5) is 69.3. The number of likely N-dealkylation sites (tertiary alicyclic amines) is 2. The minimum Gasteiger partial charge on any atom is -0.379 e. The fourth-order valence-electron chi connectivity index (χ4n) is 9.17. The van der Waals surface area contributed by atoms with Gasteiger partial charge in [-0.3, -0.25) is 24.1 Å². The van der Waals surface area contributed by atoms with E-state index in [2.05, 4.69) is 39.3 Å². The number of carbonyl (C=O) groups is 4. The van der Waals surface area contributed by atoms with E-state index in [9.17, 15) is 19.2 Å². The van der Waals surface area contributed by atoms with Crippen molar-refractivity contribution in [3.63, 3.8) is 0 Å². The molecule has 3 fully saturated rings. The molecule has 1 aliphatic carbocycles. The first-order chi connectivity index (χ1) is 26.0. The molecule has 54 heavy (non-hydrogen) atoms. The Morgan fingerprint density at radius 3 is 2.35 bits per heavy atom. The van der Waals surface area contributed by atoms with Crippen LogP contribution >= 0.6 is 0 Å². The van der Waals surface area contributed by atoms with Crippen molar-refractivity contribution in [2.24, 2.45) is 17.8 Å². The first-order valence-corrected chi connectivity index (χ1v) is 19.7. The van der Waals surface area contributed by atoms with E-state index in [-0.39, 0.29) is 54.6 Å². The number of ether oxygens (including phenoxy) is 2. The van der Waals surface area contributed by atoms with Crippen LogP contribution in [0.2, 0.25) is 0 Å². The van der Waals surface area contributed by atoms with Gasteiger partial charge < -0.3 is 29.9 Å². The summed E-state index contributed by atoms with van der Waals surface area (Å²) in [6.07, 6.45) is 8.22. The van der Waals surface area contributed by atoms with Gasteiger partial charge >= 0.3 is 0 Å². The lowest BCUT2D eigenvalue weighted by Gasteiger charge is -2.39. The van der Waals surface area contributed by atoms with E-state index in [4.69, 9.17) is 9.47 Å². The summed E-state index contributed by atoms with van der Waals surface area (Å²) < 4.78 is 12.0. The molecule has 0 spiro atoms. The molecular formula is C41H61N7O6. The van der Waals surface area contributed by atoms with Gasteiger partial charge in [0.1, 0.15) is 0 Å². The van der Waals surface area contributed by atoms with Crippen molar-refractivity contribution in [3.05, 3.63) is 60.2 Å². The van der Waals surface area contributed by atoms with Crippen LogP contribution in [0.15, 0.2) is 48.8 Å². The second-order valence-corrected chi connectivity index (χ2v) is 15.6. The predicted octanol–water partition coefficient (Wildman–Crippen LogP) is 3.40. The number of benzene rings is 1. The van der Waals surface area contributed by atoms with Crippen LogP contribution in [0.4, 0.5) is 0 Å². The van der Waals surface area contributed by atoms with Gasteiger partial charge in [-0.1, -0.05) is 57.5 Å². The van der Waals surface area contributed by atoms with Gasteiger partial charge in [0.25, 0.3) is 0 Å². The fraction of sp³-hybridized carbons (Fsp3) is 0.659. The Morgan fingerprint density at radius 1 is 1.00 bits per heavy atom. The number of hydrogen-bond donors (Lipinski definition) is 2. The van der Waals surface area contributed by atoms with E-state index < -0.39 is 30.2 Å². The SMILES string of the molecule is CCC(C)C(C(CC(=O)N1CCCC1C(OC)C(C)C(=O)N[C@@H](Cc1ccccc1)c1ncccn1)OC)N(C)C(=O)CNC(=O)C1C2CCC(C2)N1C. The summed E-state index contributed by atoms with van der Waals surface area (Å²) in [6.45, 7) is 6.37. The normalized spacial score (nSPS) is 24.3. The predicted molar refractivity (Wildman–Crippen MR) is 205 cm³/mol. The van der Waals surface area contributed by atoms with Gasteiger partial charge in [-0.05, 0) is 69.0 Å². The van der Waals surface area contributed by atoms with Crippen molar-refractivity contribution in [2.45, 2.75) is 115 Å². The van der Waals surface area contributed by atoms with E-state index in [1.165, 1.54) is 0 Å². The second-order valence-electron chi connectivity index (χ2n) is 15.6. The van der Waals surface area contributed by atoms with Crippen molar-refractivity contribution in [1.29, 1.82) is 0 Å². The van der Waals surface area contributed by atoms with Gasteiger partial charge in [0.15, 0.2) is 5.82 Å². The number of hydrogen-bond acceptors (Lipinski definition) is 9. The van der Waals surface area contributed by atoms with Crippen LogP contribution < -0.4 is 10.6 Å². The highest BCUT2D eigenvalue weighted by Gasteiger charge is 2.47. The lowest BCUT2D eigenvalue weighted by Crippen LogP contribution is -2.55. The smallest absolute Gasteiger partial charge is 0.242 e. The molecule has 3 aliphatic rings. The Hall–Kier alpha value is -3.94. The Bertz CT molecular complexity index is 1550. The number of piperidine rings is 1. The molecule has 10 atom stereocenters. The van der Waals surface area contributed by atoms with Crippen molar-refractivity contribution in [1.82, 2.24) is 35.3 Å². The molecule has 13 nitrogen and oxygen atoms in total. The number of nitrogens with one attached hydrogen (secondary N) is 2. The summed E-state index contributed by atoms with van der Waals surface area (Å²) in [5.41, 5.74) is 1.04. The number of nitrogens with zero attached hydrogens (tertiary/aromatic N) is 5. The first kappa shape index (κ1) is 41.2. The topological polar surface area (TPSA) is 146 Å². The van der Waals surface area contributed by atoms with E-state index in [1.807, 2.05) is 49.2 Å². The van der Waals surface area contributed by atoms with E-state index in [0.29, 0.717) is 37.2 Å². The molecule has 3 heterocycles. The zero-order valence-electron chi connectivity index (χ0n) is 33.1. The van der Waals surface area contributed by atoms with E-state index in [0.717, 1.165) is 37.7 Å². The minimum atomic E-state index is -0.584. The van der Waals surface area contributed by atoms with Crippen LogP contribution in [-0.4, -0.2) is 126 Å². The summed E-state index contributed by atoms with van der Waals surface area (Å²) >= 11 is 0. The van der Waals surface area contributed by atoms with Gasteiger partial charge in [0.2, 0.25) is 23.6 Å². The Balaban J connectivity index is 1.23. The number of fused-ring (bicyclic) bond motifs is 2. The van der Waals surface area contributed by atoms with Gasteiger partial charge in [0, 0.05) is 46.2 Å². The van der Waals surface area contributed by atoms with Gasteiger partial charge in [-0.2, -0.15) is 0 Å². The summed E-state index contributed by atoms with van der Waals surface area (Å²) in [5.74, 6) is -0.338. The Kier molecular flexibility index (Phi) is 14.6. The first-order valence-electron chi connectivity index (χ1n) is 19.7. The molecule has 2 bridgehead atoms. The lowest BCUT2D eigenvalue weighted by molar-refractivity contribution is -0.146. The number of rotatable bonds is 18. The van der Waals surface area contributed by atoms with Crippen LogP contribution in [0.25, 0.3) is 0 Å². The third-order valence-electron chi connectivity index (χ3n) is 12.4. The third kappa shape index (κ3) is 9.46. The zero-order valence-corrected chi connectivity index (χ0v) is 33.1. The van der Waals surface area contributed by atoms with E-state index >= 15 is 0 Å². The molecule has 5 rings (SSSR count). The van der Waals surface area contributed by atoms with Crippen molar-refractivity contribution >= 4 is 23.6 Å².